The van der Waals surface area contributed by atoms with Crippen LogP contribution in [0.25, 0.3) is 0 Å². The van der Waals surface area contributed by atoms with Gasteiger partial charge >= 0.3 is 0 Å². The molecule has 2 aliphatic carbocycles. The molecule has 1 spiro atoms. The molecule has 5 unspecified atom stereocenters. The topological polar surface area (TPSA) is 51.0 Å². The van der Waals surface area contributed by atoms with Crippen molar-refractivity contribution in [3.8, 4) is 0 Å². The van der Waals surface area contributed by atoms with Gasteiger partial charge in [-0.3, -0.25) is 4.99 Å². The predicted octanol–water partition coefficient (Wildman–Crippen LogP) is 1.76. The van der Waals surface area contributed by atoms with E-state index in [1.165, 1.54) is 11.1 Å². The Morgan fingerprint density at radius 2 is 2.35 bits per heavy atom. The van der Waals surface area contributed by atoms with Gasteiger partial charge in [0.1, 0.15) is 6.10 Å². The average molecular weight is 273 g/mol. The van der Waals surface area contributed by atoms with Crippen LogP contribution in [0.2, 0.25) is 0 Å². The summed E-state index contributed by atoms with van der Waals surface area (Å²) in [5.41, 5.74) is 2.32. The van der Waals surface area contributed by atoms with Gasteiger partial charge < -0.3 is 14.6 Å². The summed E-state index contributed by atoms with van der Waals surface area (Å²) in [6.45, 7) is 0. The Hall–Kier alpha value is -1.23. The Labute approximate surface area is 118 Å². The van der Waals surface area contributed by atoms with E-state index in [1.807, 2.05) is 18.5 Å². The van der Waals surface area contributed by atoms with Crippen LogP contribution in [0.5, 0.6) is 0 Å². The number of methoxy groups -OCH3 is 1. The van der Waals surface area contributed by atoms with Crippen LogP contribution in [0.1, 0.15) is 19.3 Å². The fourth-order valence-electron chi connectivity index (χ4n) is 4.04. The Bertz CT molecular complexity index is 548. The van der Waals surface area contributed by atoms with Gasteiger partial charge in [0.15, 0.2) is 0 Å². The number of rotatable bonds is 1. The average Bonchev–Trinajstić information content (AvgIpc) is 2.66. The number of hydrogen-bond acceptors (Lipinski definition) is 4. The van der Waals surface area contributed by atoms with Crippen LogP contribution in [-0.4, -0.2) is 42.8 Å². The SMILES string of the molecule is COC1CCC2=C3C1OC1CC(O)C=CC31C=CN=C2. The third-order valence-electron chi connectivity index (χ3n) is 5.00. The molecule has 0 aromatic carbocycles. The van der Waals surface area contributed by atoms with E-state index >= 15 is 0 Å². The Kier molecular flexibility index (Phi) is 2.74. The maximum atomic E-state index is 9.91. The van der Waals surface area contributed by atoms with Crippen molar-refractivity contribution < 1.29 is 14.6 Å². The van der Waals surface area contributed by atoms with Gasteiger partial charge in [0.2, 0.25) is 0 Å². The second kappa shape index (κ2) is 4.38. The zero-order valence-corrected chi connectivity index (χ0v) is 11.5. The monoisotopic (exact) mass is 273 g/mol. The summed E-state index contributed by atoms with van der Waals surface area (Å²) < 4.78 is 11.9. The lowest BCUT2D eigenvalue weighted by atomic mass is 9.67. The van der Waals surface area contributed by atoms with Crippen LogP contribution >= 0.6 is 0 Å². The van der Waals surface area contributed by atoms with Crippen molar-refractivity contribution in [1.29, 1.82) is 0 Å². The predicted molar refractivity (Wildman–Crippen MR) is 75.5 cm³/mol. The summed E-state index contributed by atoms with van der Waals surface area (Å²) in [7, 11) is 1.75. The highest BCUT2D eigenvalue weighted by atomic mass is 16.5. The molecule has 0 saturated carbocycles. The molecule has 0 bridgehead atoms. The number of aliphatic hydroxyl groups excluding tert-OH is 1. The van der Waals surface area contributed by atoms with Gasteiger partial charge in [0, 0.05) is 25.9 Å². The molecule has 2 heterocycles. The van der Waals surface area contributed by atoms with Crippen molar-refractivity contribution in [2.24, 2.45) is 10.4 Å². The first-order chi connectivity index (χ1) is 9.74. The molecule has 0 amide bonds. The normalized spacial score (nSPS) is 45.3. The summed E-state index contributed by atoms with van der Waals surface area (Å²) in [6.07, 6.45) is 12.1. The summed E-state index contributed by atoms with van der Waals surface area (Å²) in [5, 5.41) is 9.91. The maximum Gasteiger partial charge on any atom is 0.107 e. The number of allylic oxidation sites excluding steroid dienone is 1. The van der Waals surface area contributed by atoms with Gasteiger partial charge in [0.25, 0.3) is 0 Å². The Morgan fingerprint density at radius 1 is 1.45 bits per heavy atom. The van der Waals surface area contributed by atoms with Gasteiger partial charge in [-0.2, -0.15) is 0 Å². The van der Waals surface area contributed by atoms with Crippen molar-refractivity contribution in [3.05, 3.63) is 35.6 Å². The molecule has 20 heavy (non-hydrogen) atoms. The minimum Gasteiger partial charge on any atom is -0.389 e. The molecular formula is C16H19NO3. The number of aliphatic imine (C=N–C) groups is 1. The van der Waals surface area contributed by atoms with Gasteiger partial charge in [-0.05, 0) is 30.1 Å². The van der Waals surface area contributed by atoms with Crippen LogP contribution in [0, 0.1) is 5.41 Å². The maximum absolute atomic E-state index is 9.91. The molecule has 0 radical (unpaired) electrons. The zero-order valence-electron chi connectivity index (χ0n) is 11.5. The highest BCUT2D eigenvalue weighted by Gasteiger charge is 2.55. The second-order valence-electron chi connectivity index (χ2n) is 5.99. The lowest BCUT2D eigenvalue weighted by molar-refractivity contribution is -0.0648. The summed E-state index contributed by atoms with van der Waals surface area (Å²) >= 11 is 0. The summed E-state index contributed by atoms with van der Waals surface area (Å²) in [5.74, 6) is 0. The highest BCUT2D eigenvalue weighted by molar-refractivity contribution is 5.83. The molecular weight excluding hydrogens is 254 g/mol. The molecule has 106 valence electrons. The first-order valence-corrected chi connectivity index (χ1v) is 7.24. The quantitative estimate of drug-likeness (QED) is 0.741. The van der Waals surface area contributed by atoms with E-state index in [-0.39, 0.29) is 23.7 Å². The summed E-state index contributed by atoms with van der Waals surface area (Å²) in [6, 6.07) is 0. The summed E-state index contributed by atoms with van der Waals surface area (Å²) in [4.78, 5) is 4.37. The molecule has 1 saturated heterocycles. The van der Waals surface area contributed by atoms with Crippen LogP contribution in [0.4, 0.5) is 0 Å². The lowest BCUT2D eigenvalue weighted by Gasteiger charge is -2.35. The van der Waals surface area contributed by atoms with E-state index in [4.69, 9.17) is 9.47 Å². The molecule has 5 atom stereocenters. The molecule has 1 fully saturated rings. The van der Waals surface area contributed by atoms with Crippen molar-refractivity contribution in [2.75, 3.05) is 7.11 Å². The van der Waals surface area contributed by atoms with Crippen LogP contribution in [-0.2, 0) is 9.47 Å². The smallest absolute Gasteiger partial charge is 0.107 e. The molecule has 4 heteroatoms. The molecule has 0 aromatic heterocycles. The van der Waals surface area contributed by atoms with Gasteiger partial charge in [-0.15, -0.1) is 0 Å². The molecule has 2 aliphatic heterocycles. The molecule has 1 N–H and O–H groups in total. The fourth-order valence-corrected chi connectivity index (χ4v) is 4.04. The number of nitrogens with zero attached hydrogens (tertiary/aromatic N) is 1. The second-order valence-corrected chi connectivity index (χ2v) is 5.99. The van der Waals surface area contributed by atoms with E-state index in [0.717, 1.165) is 12.8 Å². The molecule has 4 rings (SSSR count). The van der Waals surface area contributed by atoms with Crippen molar-refractivity contribution in [2.45, 2.75) is 43.7 Å². The van der Waals surface area contributed by atoms with E-state index in [0.29, 0.717) is 6.42 Å². The minimum atomic E-state index is -0.423. The third kappa shape index (κ3) is 1.56. The van der Waals surface area contributed by atoms with E-state index in [9.17, 15) is 5.11 Å². The van der Waals surface area contributed by atoms with Gasteiger partial charge in [-0.25, -0.2) is 0 Å². The number of ether oxygens (including phenoxy) is 2. The highest BCUT2D eigenvalue weighted by Crippen LogP contribution is 2.54. The first kappa shape index (κ1) is 12.5. The van der Waals surface area contributed by atoms with Gasteiger partial charge in [0.05, 0.1) is 23.7 Å². The standard InChI is InChI=1S/C16H19NO3/c1-19-12-3-2-10-9-17-7-6-16-5-4-11(18)8-13(16)20-15(12)14(10)16/h4-7,9,11-13,15,18H,2-3,8H2,1H3. The molecule has 4 aliphatic rings. The third-order valence-corrected chi connectivity index (χ3v) is 5.00. The lowest BCUT2D eigenvalue weighted by Crippen LogP contribution is -2.36. The fraction of sp³-hybridized carbons (Fsp3) is 0.562. The van der Waals surface area contributed by atoms with Crippen LogP contribution < -0.4 is 0 Å². The van der Waals surface area contributed by atoms with Gasteiger partial charge in [-0.1, -0.05) is 12.2 Å². The van der Waals surface area contributed by atoms with Crippen molar-refractivity contribution in [1.82, 2.24) is 0 Å². The molecule has 4 nitrogen and oxygen atoms in total. The van der Waals surface area contributed by atoms with E-state index in [2.05, 4.69) is 17.1 Å². The number of hydrogen-bond donors (Lipinski definition) is 1. The Balaban J connectivity index is 1.89. The first-order valence-electron chi connectivity index (χ1n) is 7.24. The van der Waals surface area contributed by atoms with Crippen molar-refractivity contribution >= 4 is 6.21 Å². The minimum absolute atomic E-state index is 0.0158. The largest absolute Gasteiger partial charge is 0.389 e. The zero-order chi connectivity index (χ0) is 13.7. The molecule has 0 aromatic rings. The van der Waals surface area contributed by atoms with Crippen LogP contribution in [0.15, 0.2) is 40.6 Å². The van der Waals surface area contributed by atoms with E-state index < -0.39 is 6.10 Å². The van der Waals surface area contributed by atoms with Crippen molar-refractivity contribution in [3.63, 3.8) is 0 Å². The van der Waals surface area contributed by atoms with Crippen LogP contribution in [0.3, 0.4) is 0 Å². The number of aliphatic hydroxyl groups is 1. The van der Waals surface area contributed by atoms with E-state index in [1.54, 1.807) is 7.11 Å². The Morgan fingerprint density at radius 3 is 3.20 bits per heavy atom.